The van der Waals surface area contributed by atoms with Crippen molar-refractivity contribution in [2.75, 3.05) is 0 Å². The van der Waals surface area contributed by atoms with Crippen molar-refractivity contribution >= 4 is 19.0 Å². The second-order valence-corrected chi connectivity index (χ2v) is 11.3. The van der Waals surface area contributed by atoms with Crippen molar-refractivity contribution in [3.63, 3.8) is 0 Å². The lowest BCUT2D eigenvalue weighted by molar-refractivity contribution is -0.117. The number of carbonyl (C=O) groups excluding carboxylic acids is 1. The number of ketones is 1. The van der Waals surface area contributed by atoms with Gasteiger partial charge in [-0.1, -0.05) is 62.5 Å². The molecule has 1 aromatic rings. The van der Waals surface area contributed by atoms with Crippen molar-refractivity contribution in [3.05, 3.63) is 30.3 Å². The van der Waals surface area contributed by atoms with Crippen LogP contribution in [0.5, 0.6) is 0 Å². The predicted octanol–water partition coefficient (Wildman–Crippen LogP) is 3.36. The first-order valence-corrected chi connectivity index (χ1v) is 9.49. The van der Waals surface area contributed by atoms with Gasteiger partial charge in [0.2, 0.25) is 0 Å². The van der Waals surface area contributed by atoms with Crippen LogP contribution in [0.1, 0.15) is 26.7 Å². The van der Waals surface area contributed by atoms with E-state index in [9.17, 15) is 4.79 Å². The van der Waals surface area contributed by atoms with Crippen LogP contribution in [0.2, 0.25) is 18.6 Å². The molecule has 1 atom stereocenters. The molecule has 0 saturated heterocycles. The topological polar surface area (TPSA) is 17.1 Å². The minimum atomic E-state index is -1.54. The van der Waals surface area contributed by atoms with E-state index in [1.165, 1.54) is 5.19 Å². The van der Waals surface area contributed by atoms with Crippen LogP contribution in [0.15, 0.2) is 30.3 Å². The Labute approximate surface area is 105 Å². The lowest BCUT2D eigenvalue weighted by atomic mass is 9.91. The van der Waals surface area contributed by atoms with Crippen LogP contribution in [0.3, 0.4) is 0 Å². The molecule has 1 aliphatic rings. The molecular formula is C15H22OSi. The highest BCUT2D eigenvalue weighted by Gasteiger charge is 2.48. The highest BCUT2D eigenvalue weighted by molar-refractivity contribution is 6.91. The van der Waals surface area contributed by atoms with Crippen LogP contribution in [0.4, 0.5) is 0 Å². The van der Waals surface area contributed by atoms with E-state index in [0.29, 0.717) is 11.3 Å². The quantitative estimate of drug-likeness (QED) is 0.731. The molecule has 2 rings (SSSR count). The van der Waals surface area contributed by atoms with Crippen molar-refractivity contribution in [2.45, 2.75) is 45.3 Å². The summed E-state index contributed by atoms with van der Waals surface area (Å²) in [7, 11) is -1.54. The molecule has 1 saturated carbocycles. The third-order valence-electron chi connectivity index (χ3n) is 4.42. The molecule has 0 spiro atoms. The van der Waals surface area contributed by atoms with Gasteiger partial charge in [0.1, 0.15) is 5.78 Å². The molecule has 0 aromatic heterocycles. The molecule has 1 fully saturated rings. The number of hydrogen-bond donors (Lipinski definition) is 0. The second kappa shape index (κ2) is 4.09. The minimum absolute atomic E-state index is 0.183. The van der Waals surface area contributed by atoms with E-state index in [-0.39, 0.29) is 5.41 Å². The summed E-state index contributed by atoms with van der Waals surface area (Å²) in [5, 5.41) is 1.48. The third-order valence-corrected chi connectivity index (χ3v) is 8.97. The molecule has 0 N–H and O–H groups in total. The summed E-state index contributed by atoms with van der Waals surface area (Å²) < 4.78 is 0. The van der Waals surface area contributed by atoms with Crippen LogP contribution < -0.4 is 5.19 Å². The average Bonchev–Trinajstić information content (AvgIpc) is 2.54. The van der Waals surface area contributed by atoms with Gasteiger partial charge in [0, 0.05) is 12.8 Å². The fraction of sp³-hybridized carbons (Fsp3) is 0.533. The molecule has 0 amide bonds. The van der Waals surface area contributed by atoms with E-state index in [4.69, 9.17) is 0 Å². The Morgan fingerprint density at radius 3 is 2.24 bits per heavy atom. The molecular weight excluding hydrogens is 224 g/mol. The predicted molar refractivity (Wildman–Crippen MR) is 75.3 cm³/mol. The Morgan fingerprint density at radius 1 is 1.18 bits per heavy atom. The smallest absolute Gasteiger partial charge is 0.133 e. The van der Waals surface area contributed by atoms with Gasteiger partial charge in [0.05, 0.1) is 8.07 Å². The fourth-order valence-electron chi connectivity index (χ4n) is 3.51. The summed E-state index contributed by atoms with van der Waals surface area (Å²) in [6.07, 6.45) is 1.56. The summed E-state index contributed by atoms with van der Waals surface area (Å²) in [5.74, 6) is 0.455. The molecule has 2 heteroatoms. The number of benzene rings is 1. The largest absolute Gasteiger partial charge is 0.300 e. The van der Waals surface area contributed by atoms with Crippen molar-refractivity contribution in [1.29, 1.82) is 0 Å². The van der Waals surface area contributed by atoms with Gasteiger partial charge in [0.25, 0.3) is 0 Å². The van der Waals surface area contributed by atoms with Crippen LogP contribution in [-0.4, -0.2) is 13.9 Å². The number of hydrogen-bond acceptors (Lipinski definition) is 1. The van der Waals surface area contributed by atoms with Gasteiger partial charge in [-0.15, -0.1) is 0 Å². The van der Waals surface area contributed by atoms with Crippen LogP contribution in [0.25, 0.3) is 0 Å². The van der Waals surface area contributed by atoms with E-state index in [1.54, 1.807) is 0 Å². The molecule has 0 heterocycles. The first-order chi connectivity index (χ1) is 7.84. The van der Waals surface area contributed by atoms with E-state index in [0.717, 1.165) is 12.8 Å². The Hall–Kier alpha value is -0.893. The summed E-state index contributed by atoms with van der Waals surface area (Å²) in [4.78, 5) is 11.8. The van der Waals surface area contributed by atoms with E-state index >= 15 is 0 Å². The highest BCUT2D eigenvalue weighted by atomic mass is 28.3. The SMILES string of the molecule is CC1(C)CC(=O)C[C@H]1[Si](C)(C)c1ccccc1. The molecule has 0 unspecified atom stereocenters. The van der Waals surface area contributed by atoms with Crippen molar-refractivity contribution in [1.82, 2.24) is 0 Å². The first kappa shape index (κ1) is 12.6. The van der Waals surface area contributed by atoms with Crippen molar-refractivity contribution in [2.24, 2.45) is 5.41 Å². The van der Waals surface area contributed by atoms with Gasteiger partial charge in [-0.05, 0) is 11.0 Å². The Balaban J connectivity index is 2.36. The molecule has 0 aliphatic heterocycles. The van der Waals surface area contributed by atoms with Gasteiger partial charge in [-0.2, -0.15) is 0 Å². The van der Waals surface area contributed by atoms with Crippen LogP contribution >= 0.6 is 0 Å². The monoisotopic (exact) mass is 246 g/mol. The highest BCUT2D eigenvalue weighted by Crippen LogP contribution is 2.50. The lowest BCUT2D eigenvalue weighted by Crippen LogP contribution is -2.49. The van der Waals surface area contributed by atoms with E-state index in [2.05, 4.69) is 57.3 Å². The third kappa shape index (κ3) is 2.23. The molecule has 1 aliphatic carbocycles. The Bertz CT molecular complexity index is 420. The number of Topliss-reactive ketones (excluding diaryl/α,β-unsaturated/α-hetero) is 1. The molecule has 1 aromatic carbocycles. The summed E-state index contributed by atoms with van der Waals surface area (Å²) >= 11 is 0. The summed E-state index contributed by atoms with van der Waals surface area (Å²) in [5.41, 5.74) is 0.757. The summed E-state index contributed by atoms with van der Waals surface area (Å²) in [6.45, 7) is 9.35. The molecule has 92 valence electrons. The zero-order valence-corrected chi connectivity index (χ0v) is 12.3. The minimum Gasteiger partial charge on any atom is -0.300 e. The zero-order valence-electron chi connectivity index (χ0n) is 11.3. The average molecular weight is 246 g/mol. The number of rotatable bonds is 2. The maximum absolute atomic E-state index is 11.8. The van der Waals surface area contributed by atoms with E-state index < -0.39 is 8.07 Å². The van der Waals surface area contributed by atoms with Crippen LogP contribution in [0, 0.1) is 5.41 Å². The van der Waals surface area contributed by atoms with Gasteiger partial charge in [-0.25, -0.2) is 0 Å². The van der Waals surface area contributed by atoms with Crippen molar-refractivity contribution < 1.29 is 4.79 Å². The fourth-order valence-corrected chi connectivity index (χ4v) is 7.76. The molecule has 1 nitrogen and oxygen atoms in total. The lowest BCUT2D eigenvalue weighted by Gasteiger charge is -2.38. The van der Waals surface area contributed by atoms with Gasteiger partial charge in [0.15, 0.2) is 0 Å². The van der Waals surface area contributed by atoms with Gasteiger partial charge in [-0.3, -0.25) is 4.79 Å². The maximum atomic E-state index is 11.8. The van der Waals surface area contributed by atoms with Gasteiger partial charge >= 0.3 is 0 Å². The van der Waals surface area contributed by atoms with E-state index in [1.807, 2.05) is 0 Å². The maximum Gasteiger partial charge on any atom is 0.133 e. The normalized spacial score (nSPS) is 24.0. The first-order valence-electron chi connectivity index (χ1n) is 6.41. The Kier molecular flexibility index (Phi) is 3.02. The molecule has 17 heavy (non-hydrogen) atoms. The standard InChI is InChI=1S/C15H22OSi/c1-15(2)11-12(16)10-14(15)17(3,4)13-8-6-5-7-9-13/h5-9,14H,10-11H2,1-4H3/t14-/m1/s1. The van der Waals surface area contributed by atoms with Crippen molar-refractivity contribution in [3.8, 4) is 0 Å². The number of carbonyl (C=O) groups is 1. The van der Waals surface area contributed by atoms with Gasteiger partial charge < -0.3 is 0 Å². The molecule has 0 bridgehead atoms. The van der Waals surface area contributed by atoms with Crippen LogP contribution in [-0.2, 0) is 4.79 Å². The summed E-state index contributed by atoms with van der Waals surface area (Å²) in [6, 6.07) is 10.8. The Morgan fingerprint density at radius 2 is 1.76 bits per heavy atom. The second-order valence-electron chi connectivity index (χ2n) is 6.55. The molecule has 0 radical (unpaired) electrons. The zero-order chi connectivity index (χ0) is 12.7.